The van der Waals surface area contributed by atoms with Crippen LogP contribution in [0.2, 0.25) is 5.02 Å². The maximum Gasteiger partial charge on any atom is 0.298 e. The van der Waals surface area contributed by atoms with E-state index in [0.29, 0.717) is 17.3 Å². The number of rotatable bonds is 3. The molecule has 1 aromatic heterocycles. The normalized spacial score (nSPS) is 11.6. The van der Waals surface area contributed by atoms with E-state index < -0.39 is 14.2 Å². The highest BCUT2D eigenvalue weighted by Gasteiger charge is 2.16. The van der Waals surface area contributed by atoms with Gasteiger partial charge in [0.1, 0.15) is 5.82 Å². The Morgan fingerprint density at radius 2 is 1.88 bits per heavy atom. The lowest BCUT2D eigenvalue weighted by Crippen LogP contribution is -1.94. The van der Waals surface area contributed by atoms with Gasteiger partial charge in [0, 0.05) is 22.1 Å². The van der Waals surface area contributed by atoms with Gasteiger partial charge < -0.3 is 0 Å². The second-order valence-electron chi connectivity index (χ2n) is 3.31. The van der Waals surface area contributed by atoms with Gasteiger partial charge in [0.05, 0.1) is 0 Å². The largest absolute Gasteiger partial charge is 0.298 e. The summed E-state index contributed by atoms with van der Waals surface area (Å²) in [5.74, 6) is 0.423. The number of hydrogen-bond acceptors (Lipinski definition) is 4. The molecule has 1 N–H and O–H groups in total. The fraction of sp³-hybridized carbons (Fsp3) is 0.111. The monoisotopic (exact) mass is 291 g/mol. The zero-order chi connectivity index (χ0) is 12.5. The van der Waals surface area contributed by atoms with Crippen LogP contribution in [0.3, 0.4) is 0 Å². The molecule has 0 aliphatic carbocycles. The molecule has 1 aromatic carbocycles. The van der Waals surface area contributed by atoms with Crippen LogP contribution in [-0.2, 0) is 15.5 Å². The standard InChI is InChI=1S/C9H7Cl2N3O2S/c10-7-3-1-6(2-4-7)5-8-12-9(14-13-8)17(11,15)16/h1-4H,5H2,(H,12,13,14). The lowest BCUT2D eigenvalue weighted by molar-refractivity contribution is 0.602. The van der Waals surface area contributed by atoms with Crippen LogP contribution >= 0.6 is 22.3 Å². The van der Waals surface area contributed by atoms with Crippen molar-refractivity contribution in [1.29, 1.82) is 0 Å². The van der Waals surface area contributed by atoms with Gasteiger partial charge in [0.2, 0.25) is 0 Å². The molecule has 17 heavy (non-hydrogen) atoms. The molecule has 1 heterocycles. The average molecular weight is 292 g/mol. The van der Waals surface area contributed by atoms with Crippen LogP contribution in [0, 0.1) is 0 Å². The topological polar surface area (TPSA) is 75.7 Å². The van der Waals surface area contributed by atoms with Gasteiger partial charge in [-0.15, -0.1) is 5.10 Å². The lowest BCUT2D eigenvalue weighted by Gasteiger charge is -1.97. The second-order valence-corrected chi connectivity index (χ2v) is 6.20. The minimum Gasteiger partial charge on any atom is -0.262 e. The molecule has 2 rings (SSSR count). The van der Waals surface area contributed by atoms with Gasteiger partial charge in [-0.1, -0.05) is 23.7 Å². The van der Waals surface area contributed by atoms with Crippen LogP contribution in [0.4, 0.5) is 0 Å². The van der Waals surface area contributed by atoms with E-state index in [2.05, 4.69) is 15.2 Å². The van der Waals surface area contributed by atoms with E-state index in [1.807, 2.05) is 12.1 Å². The number of aromatic nitrogens is 3. The first-order valence-electron chi connectivity index (χ1n) is 4.55. The molecule has 0 spiro atoms. The van der Waals surface area contributed by atoms with Gasteiger partial charge in [-0.2, -0.15) is 0 Å². The molecule has 90 valence electrons. The maximum absolute atomic E-state index is 10.9. The maximum atomic E-state index is 10.9. The number of benzene rings is 1. The molecule has 0 saturated heterocycles. The van der Waals surface area contributed by atoms with Crippen molar-refractivity contribution in [2.45, 2.75) is 11.6 Å². The van der Waals surface area contributed by atoms with E-state index in [1.165, 1.54) is 0 Å². The molecule has 0 bridgehead atoms. The highest BCUT2D eigenvalue weighted by Crippen LogP contribution is 2.13. The summed E-state index contributed by atoms with van der Waals surface area (Å²) in [4.78, 5) is 3.78. The first-order chi connectivity index (χ1) is 7.95. The Morgan fingerprint density at radius 3 is 2.41 bits per heavy atom. The zero-order valence-electron chi connectivity index (χ0n) is 8.39. The summed E-state index contributed by atoms with van der Waals surface area (Å²) in [6.45, 7) is 0. The summed E-state index contributed by atoms with van der Waals surface area (Å²) in [6.07, 6.45) is 0.427. The molecule has 5 nitrogen and oxygen atoms in total. The first kappa shape index (κ1) is 12.3. The number of nitrogens with one attached hydrogen (secondary N) is 1. The smallest absolute Gasteiger partial charge is 0.262 e. The molecule has 0 saturated carbocycles. The molecule has 0 aliphatic rings. The Morgan fingerprint density at radius 1 is 1.24 bits per heavy atom. The molecule has 0 radical (unpaired) electrons. The molecular weight excluding hydrogens is 285 g/mol. The van der Waals surface area contributed by atoms with Crippen molar-refractivity contribution in [3.8, 4) is 0 Å². The molecule has 0 aliphatic heterocycles. The first-order valence-corrected chi connectivity index (χ1v) is 7.24. The Hall–Kier alpha value is -1.11. The Bertz CT molecular complexity index is 622. The molecule has 0 atom stereocenters. The van der Waals surface area contributed by atoms with E-state index in [1.54, 1.807) is 12.1 Å². The Labute approximate surface area is 107 Å². The minimum atomic E-state index is -3.88. The summed E-state index contributed by atoms with van der Waals surface area (Å²) in [6, 6.07) is 7.12. The molecular formula is C9H7Cl2N3O2S. The van der Waals surface area contributed by atoms with Crippen molar-refractivity contribution in [3.05, 3.63) is 40.7 Å². The van der Waals surface area contributed by atoms with Gasteiger partial charge in [0.15, 0.2) is 0 Å². The fourth-order valence-electron chi connectivity index (χ4n) is 1.26. The fourth-order valence-corrected chi connectivity index (χ4v) is 1.97. The summed E-state index contributed by atoms with van der Waals surface area (Å²) >= 11 is 5.75. The van der Waals surface area contributed by atoms with E-state index in [4.69, 9.17) is 22.3 Å². The summed E-state index contributed by atoms with van der Waals surface area (Å²) in [5, 5.41) is 6.26. The summed E-state index contributed by atoms with van der Waals surface area (Å²) < 4.78 is 21.9. The predicted molar refractivity (Wildman–Crippen MR) is 63.7 cm³/mol. The van der Waals surface area contributed by atoms with Crippen molar-refractivity contribution in [3.63, 3.8) is 0 Å². The number of aromatic amines is 1. The highest BCUT2D eigenvalue weighted by atomic mass is 35.7. The number of halogens is 2. The molecule has 0 fully saturated rings. The molecule has 0 unspecified atom stereocenters. The quantitative estimate of drug-likeness (QED) is 0.878. The van der Waals surface area contributed by atoms with Crippen LogP contribution in [0.1, 0.15) is 11.4 Å². The average Bonchev–Trinajstić information content (AvgIpc) is 2.69. The van der Waals surface area contributed by atoms with Crippen LogP contribution in [0.25, 0.3) is 0 Å². The van der Waals surface area contributed by atoms with E-state index in [9.17, 15) is 8.42 Å². The van der Waals surface area contributed by atoms with E-state index in [0.717, 1.165) is 5.56 Å². The summed E-state index contributed by atoms with van der Waals surface area (Å²) in [7, 11) is 1.22. The minimum absolute atomic E-state index is 0.414. The third kappa shape index (κ3) is 3.18. The third-order valence-corrected chi connectivity index (χ3v) is 3.30. The van der Waals surface area contributed by atoms with Crippen LogP contribution < -0.4 is 0 Å². The number of hydrogen-bond donors (Lipinski definition) is 1. The van der Waals surface area contributed by atoms with Crippen LogP contribution in [0.15, 0.2) is 29.4 Å². The SMILES string of the molecule is O=S(=O)(Cl)c1n[nH]c(Cc2ccc(Cl)cc2)n1. The number of nitrogens with zero attached hydrogens (tertiary/aromatic N) is 2. The van der Waals surface area contributed by atoms with E-state index >= 15 is 0 Å². The van der Waals surface area contributed by atoms with Crippen molar-refractivity contribution in [2.75, 3.05) is 0 Å². The number of H-pyrrole nitrogens is 1. The van der Waals surface area contributed by atoms with Crippen molar-refractivity contribution < 1.29 is 8.42 Å². The predicted octanol–water partition coefficient (Wildman–Crippen LogP) is 1.98. The van der Waals surface area contributed by atoms with Gasteiger partial charge in [-0.3, -0.25) is 5.10 Å². The highest BCUT2D eigenvalue weighted by molar-refractivity contribution is 8.13. The van der Waals surface area contributed by atoms with Gasteiger partial charge >= 0.3 is 0 Å². The van der Waals surface area contributed by atoms with Crippen LogP contribution in [-0.4, -0.2) is 23.6 Å². The molecule has 2 aromatic rings. The Kier molecular flexibility index (Phi) is 3.37. The second kappa shape index (κ2) is 4.64. The molecule has 8 heteroatoms. The molecule has 0 amide bonds. The zero-order valence-corrected chi connectivity index (χ0v) is 10.7. The van der Waals surface area contributed by atoms with Crippen molar-refractivity contribution in [1.82, 2.24) is 15.2 Å². The summed E-state index contributed by atoms with van der Waals surface area (Å²) in [5.41, 5.74) is 0.934. The van der Waals surface area contributed by atoms with Crippen LogP contribution in [0.5, 0.6) is 0 Å². The third-order valence-electron chi connectivity index (χ3n) is 2.01. The van der Waals surface area contributed by atoms with Gasteiger partial charge in [-0.05, 0) is 17.7 Å². The van der Waals surface area contributed by atoms with Gasteiger partial charge in [0.25, 0.3) is 14.2 Å². The van der Waals surface area contributed by atoms with Crippen molar-refractivity contribution in [2.24, 2.45) is 0 Å². The van der Waals surface area contributed by atoms with Gasteiger partial charge in [-0.25, -0.2) is 13.4 Å². The van der Waals surface area contributed by atoms with E-state index in [-0.39, 0.29) is 0 Å². The van der Waals surface area contributed by atoms with Crippen molar-refractivity contribution >= 4 is 31.3 Å². The lowest BCUT2D eigenvalue weighted by atomic mass is 10.1. The Balaban J connectivity index is 2.20.